The molecule has 0 amide bonds. The van der Waals surface area contributed by atoms with E-state index in [1.54, 1.807) is 6.92 Å². The zero-order chi connectivity index (χ0) is 14.8. The van der Waals surface area contributed by atoms with Crippen molar-refractivity contribution in [2.24, 2.45) is 5.92 Å². The summed E-state index contributed by atoms with van der Waals surface area (Å²) < 4.78 is 5.03. The van der Waals surface area contributed by atoms with Crippen LogP contribution in [0.25, 0.3) is 0 Å². The Bertz CT molecular complexity index is 346. The maximum atomic E-state index is 11.7. The summed E-state index contributed by atoms with van der Waals surface area (Å²) in [5, 5.41) is 8.44. The Balaban J connectivity index is 3.90. The molecule has 0 aliphatic carbocycles. The van der Waals surface area contributed by atoms with Crippen molar-refractivity contribution in [3.8, 4) is 0 Å². The highest BCUT2D eigenvalue weighted by molar-refractivity contribution is 5.96. The van der Waals surface area contributed by atoms with Crippen molar-refractivity contribution < 1.29 is 24.2 Å². The van der Waals surface area contributed by atoms with Crippen LogP contribution in [0.1, 0.15) is 46.0 Å². The first-order chi connectivity index (χ1) is 8.88. The molecule has 19 heavy (non-hydrogen) atoms. The van der Waals surface area contributed by atoms with Crippen molar-refractivity contribution >= 4 is 17.7 Å². The lowest BCUT2D eigenvalue weighted by Gasteiger charge is -2.13. The van der Waals surface area contributed by atoms with Gasteiger partial charge in [-0.1, -0.05) is 13.5 Å². The van der Waals surface area contributed by atoms with Crippen LogP contribution < -0.4 is 0 Å². The monoisotopic (exact) mass is 270 g/mol. The molecule has 0 rings (SSSR count). The number of carbonyl (C=O) groups is 3. The molecule has 1 unspecified atom stereocenters. The molecule has 0 bridgehead atoms. The van der Waals surface area contributed by atoms with Gasteiger partial charge in [0.15, 0.2) is 5.78 Å². The number of carbonyl (C=O) groups excluding carboxylic acids is 2. The highest BCUT2D eigenvalue weighted by Crippen LogP contribution is 2.11. The van der Waals surface area contributed by atoms with Gasteiger partial charge in [-0.05, 0) is 31.8 Å². The summed E-state index contributed by atoms with van der Waals surface area (Å²) in [5.41, 5.74) is 0.462. The molecule has 0 spiro atoms. The maximum absolute atomic E-state index is 11.7. The summed E-state index contributed by atoms with van der Waals surface area (Å²) >= 11 is 0. The first-order valence-corrected chi connectivity index (χ1v) is 6.45. The Hall–Kier alpha value is -1.65. The third-order valence-corrected chi connectivity index (χ3v) is 2.75. The lowest BCUT2D eigenvalue weighted by atomic mass is 9.98. The maximum Gasteiger partial charge on any atom is 0.305 e. The fourth-order valence-corrected chi connectivity index (χ4v) is 1.54. The van der Waals surface area contributed by atoms with E-state index >= 15 is 0 Å². The smallest absolute Gasteiger partial charge is 0.305 e. The van der Waals surface area contributed by atoms with E-state index in [1.165, 1.54) is 0 Å². The molecular weight excluding hydrogens is 248 g/mol. The normalized spacial score (nSPS) is 11.7. The van der Waals surface area contributed by atoms with Crippen LogP contribution in [0.4, 0.5) is 0 Å². The summed E-state index contributed by atoms with van der Waals surface area (Å²) in [6.07, 6.45) is 1.77. The Morgan fingerprint density at radius 3 is 2.26 bits per heavy atom. The van der Waals surface area contributed by atoms with Gasteiger partial charge in [-0.25, -0.2) is 0 Å². The molecule has 0 aliphatic rings. The molecule has 5 heteroatoms. The number of rotatable bonds is 10. The van der Waals surface area contributed by atoms with E-state index in [0.29, 0.717) is 24.8 Å². The van der Waals surface area contributed by atoms with Gasteiger partial charge in [0.05, 0.1) is 5.92 Å². The number of unbranched alkanes of at least 4 members (excludes halogenated alkanes) is 1. The molecule has 0 aliphatic heterocycles. The topological polar surface area (TPSA) is 80.7 Å². The van der Waals surface area contributed by atoms with E-state index in [9.17, 15) is 14.4 Å². The zero-order valence-corrected chi connectivity index (χ0v) is 11.6. The number of hydrogen-bond donors (Lipinski definition) is 1. The first kappa shape index (κ1) is 17.4. The molecule has 0 saturated heterocycles. The molecule has 0 heterocycles. The van der Waals surface area contributed by atoms with Gasteiger partial charge in [0, 0.05) is 12.8 Å². The Kier molecular flexibility index (Phi) is 8.49. The second-order valence-electron chi connectivity index (χ2n) is 4.53. The molecular formula is C14H22O5. The molecule has 0 aromatic heterocycles. The van der Waals surface area contributed by atoms with Gasteiger partial charge in [0.2, 0.25) is 0 Å². The fourth-order valence-electron chi connectivity index (χ4n) is 1.54. The van der Waals surface area contributed by atoms with Crippen molar-refractivity contribution in [1.29, 1.82) is 0 Å². The number of aliphatic carboxylic acids is 1. The van der Waals surface area contributed by atoms with Gasteiger partial charge in [-0.3, -0.25) is 14.4 Å². The van der Waals surface area contributed by atoms with Crippen molar-refractivity contribution in [3.63, 3.8) is 0 Å². The minimum atomic E-state index is -0.869. The Morgan fingerprint density at radius 1 is 1.21 bits per heavy atom. The molecule has 0 radical (unpaired) electrons. The van der Waals surface area contributed by atoms with Crippen molar-refractivity contribution in [1.82, 2.24) is 0 Å². The lowest BCUT2D eigenvalue weighted by molar-refractivity contribution is -0.146. The number of ether oxygens (including phenoxy) is 1. The van der Waals surface area contributed by atoms with Crippen LogP contribution in [-0.4, -0.2) is 29.4 Å². The van der Waals surface area contributed by atoms with E-state index in [-0.39, 0.29) is 31.1 Å². The molecule has 108 valence electrons. The largest absolute Gasteiger partial charge is 0.481 e. The van der Waals surface area contributed by atoms with E-state index < -0.39 is 11.9 Å². The van der Waals surface area contributed by atoms with Gasteiger partial charge in [-0.15, -0.1) is 0 Å². The predicted molar refractivity (Wildman–Crippen MR) is 70.7 cm³/mol. The van der Waals surface area contributed by atoms with Crippen molar-refractivity contribution in [2.75, 3.05) is 6.61 Å². The van der Waals surface area contributed by atoms with Crippen LogP contribution in [0.2, 0.25) is 0 Å². The Labute approximate surface area is 113 Å². The molecule has 1 N–H and O–H groups in total. The minimum absolute atomic E-state index is 0.0546. The molecule has 0 aromatic rings. The predicted octanol–water partition coefficient (Wildman–Crippen LogP) is 2.35. The molecule has 1 atom stereocenters. The standard InChI is InChI=1S/C14H22O5/c1-4-11(14(18)10(2)3)9-19-13(17)8-6-5-7-12(15)16/h11H,2,4-9H2,1,3H3,(H,15,16). The molecule has 0 fully saturated rings. The second-order valence-corrected chi connectivity index (χ2v) is 4.53. The van der Waals surface area contributed by atoms with Crippen LogP contribution in [-0.2, 0) is 19.1 Å². The van der Waals surface area contributed by atoms with Crippen molar-refractivity contribution in [3.05, 3.63) is 12.2 Å². The number of Topliss-reactive ketones (excluding diaryl/α,β-unsaturated/α-hetero) is 1. The van der Waals surface area contributed by atoms with Gasteiger partial charge in [0.25, 0.3) is 0 Å². The summed E-state index contributed by atoms with van der Waals surface area (Å²) in [4.78, 5) is 33.3. The van der Waals surface area contributed by atoms with Gasteiger partial charge >= 0.3 is 11.9 Å². The SMILES string of the molecule is C=C(C)C(=O)C(CC)COC(=O)CCCCC(=O)O. The van der Waals surface area contributed by atoms with E-state index in [0.717, 1.165) is 0 Å². The highest BCUT2D eigenvalue weighted by Gasteiger charge is 2.18. The summed E-state index contributed by atoms with van der Waals surface area (Å²) in [5.74, 6) is -1.67. The quantitative estimate of drug-likeness (QED) is 0.374. The number of esters is 1. The fraction of sp³-hybridized carbons (Fsp3) is 0.643. The second kappa shape index (κ2) is 9.30. The third-order valence-electron chi connectivity index (χ3n) is 2.75. The molecule has 0 saturated carbocycles. The summed E-state index contributed by atoms with van der Waals surface area (Å²) in [7, 11) is 0. The van der Waals surface area contributed by atoms with Gasteiger partial charge in [0.1, 0.15) is 6.61 Å². The number of carboxylic acid groups (broad SMARTS) is 1. The summed E-state index contributed by atoms with van der Waals surface area (Å²) in [6, 6.07) is 0. The Morgan fingerprint density at radius 2 is 1.79 bits per heavy atom. The van der Waals surface area contributed by atoms with Gasteiger partial charge in [-0.2, -0.15) is 0 Å². The van der Waals surface area contributed by atoms with Crippen LogP contribution in [0.15, 0.2) is 12.2 Å². The number of allylic oxidation sites excluding steroid dienone is 1. The molecule has 5 nitrogen and oxygen atoms in total. The van der Waals surface area contributed by atoms with E-state index in [4.69, 9.17) is 9.84 Å². The average molecular weight is 270 g/mol. The van der Waals surface area contributed by atoms with E-state index in [2.05, 4.69) is 6.58 Å². The zero-order valence-electron chi connectivity index (χ0n) is 11.6. The third kappa shape index (κ3) is 8.13. The summed E-state index contributed by atoms with van der Waals surface area (Å²) in [6.45, 7) is 7.14. The van der Waals surface area contributed by atoms with Gasteiger partial charge < -0.3 is 9.84 Å². The number of ketones is 1. The van der Waals surface area contributed by atoms with Crippen LogP contribution in [0.3, 0.4) is 0 Å². The van der Waals surface area contributed by atoms with Crippen LogP contribution in [0, 0.1) is 5.92 Å². The minimum Gasteiger partial charge on any atom is -0.481 e. The lowest BCUT2D eigenvalue weighted by Crippen LogP contribution is -2.22. The average Bonchev–Trinajstić information content (AvgIpc) is 2.34. The number of hydrogen-bond acceptors (Lipinski definition) is 4. The van der Waals surface area contributed by atoms with Crippen LogP contribution in [0.5, 0.6) is 0 Å². The first-order valence-electron chi connectivity index (χ1n) is 6.45. The van der Waals surface area contributed by atoms with Crippen molar-refractivity contribution in [2.45, 2.75) is 46.0 Å². The highest BCUT2D eigenvalue weighted by atomic mass is 16.5. The van der Waals surface area contributed by atoms with E-state index in [1.807, 2.05) is 6.92 Å². The van der Waals surface area contributed by atoms with Crippen LogP contribution >= 0.6 is 0 Å². The molecule has 0 aromatic carbocycles. The number of carboxylic acids is 1.